The highest BCUT2D eigenvalue weighted by Gasteiger charge is 2.12. The lowest BCUT2D eigenvalue weighted by molar-refractivity contribution is 0.887. The van der Waals surface area contributed by atoms with Gasteiger partial charge in [-0.25, -0.2) is 15.0 Å². The van der Waals surface area contributed by atoms with Gasteiger partial charge in [0.2, 0.25) is 0 Å². The van der Waals surface area contributed by atoms with E-state index < -0.39 is 0 Å². The summed E-state index contributed by atoms with van der Waals surface area (Å²) in [4.78, 5) is 13.7. The molecule has 0 spiro atoms. The van der Waals surface area contributed by atoms with Crippen molar-refractivity contribution in [3.8, 4) is 0 Å². The van der Waals surface area contributed by atoms with Crippen LogP contribution in [0.25, 0.3) is 0 Å². The highest BCUT2D eigenvalue weighted by Crippen LogP contribution is 2.21. The zero-order valence-corrected chi connectivity index (χ0v) is 14.3. The lowest BCUT2D eigenvalue weighted by Gasteiger charge is -2.10. The Hall–Kier alpha value is -0.760. The van der Waals surface area contributed by atoms with E-state index in [1.165, 1.54) is 0 Å². The summed E-state index contributed by atoms with van der Waals surface area (Å²) in [5.41, 5.74) is 2.17. The number of thiazole rings is 1. The maximum Gasteiger partial charge on any atom is 0.143 e. The quantitative estimate of drug-likeness (QED) is 0.798. The number of nitrogens with one attached hydrogen (secondary N) is 1. The molecule has 6 heteroatoms. The molecule has 0 unspecified atom stereocenters. The molecule has 0 bridgehead atoms. The number of hydrogen-bond acceptors (Lipinski definition) is 5. The Kier molecular flexibility index (Phi) is 5.09. The maximum absolute atomic E-state index is 4.65. The van der Waals surface area contributed by atoms with E-state index in [-0.39, 0.29) is 0 Å². The Morgan fingerprint density at radius 2 is 2.05 bits per heavy atom. The Morgan fingerprint density at radius 3 is 2.63 bits per heavy atom. The Bertz CT molecular complexity index is 568. The fourth-order valence-corrected chi connectivity index (χ4v) is 3.34. The Morgan fingerprint density at radius 1 is 1.26 bits per heavy atom. The van der Waals surface area contributed by atoms with Gasteiger partial charge >= 0.3 is 0 Å². The van der Waals surface area contributed by atoms with Gasteiger partial charge in [-0.3, -0.25) is 0 Å². The number of anilines is 1. The molecule has 0 aliphatic carbocycles. The Labute approximate surface area is 131 Å². The predicted octanol–water partition coefficient (Wildman–Crippen LogP) is 3.43. The van der Waals surface area contributed by atoms with Gasteiger partial charge in [0.05, 0.1) is 15.7 Å². The largest absolute Gasteiger partial charge is 0.369 e. The minimum Gasteiger partial charge on any atom is -0.369 e. The highest BCUT2D eigenvalue weighted by molar-refractivity contribution is 14.1. The average Bonchev–Trinajstić information content (AvgIpc) is 2.79. The monoisotopic (exact) mass is 388 g/mol. The number of rotatable bonds is 5. The van der Waals surface area contributed by atoms with E-state index in [9.17, 15) is 0 Å². The third-order valence-corrected chi connectivity index (χ3v) is 4.72. The van der Waals surface area contributed by atoms with Gasteiger partial charge in [-0.05, 0) is 42.9 Å². The molecule has 2 aromatic heterocycles. The molecule has 2 aromatic rings. The van der Waals surface area contributed by atoms with Crippen molar-refractivity contribution in [3.63, 3.8) is 0 Å². The molecule has 102 valence electrons. The van der Waals surface area contributed by atoms with Crippen molar-refractivity contribution >= 4 is 39.7 Å². The van der Waals surface area contributed by atoms with Gasteiger partial charge in [-0.15, -0.1) is 11.3 Å². The molecule has 0 aromatic carbocycles. The molecular formula is C13H17IN4S. The molecule has 0 atom stereocenters. The van der Waals surface area contributed by atoms with Crippen LogP contribution >= 0.6 is 33.9 Å². The second kappa shape index (κ2) is 6.60. The molecule has 0 saturated carbocycles. The second-order valence-electron chi connectivity index (χ2n) is 4.19. The first kappa shape index (κ1) is 14.6. The van der Waals surface area contributed by atoms with Crippen LogP contribution in [0.15, 0.2) is 5.38 Å². The van der Waals surface area contributed by atoms with Crippen LogP contribution in [0.5, 0.6) is 0 Å². The van der Waals surface area contributed by atoms with E-state index in [0.29, 0.717) is 6.42 Å². The molecular weight excluding hydrogens is 371 g/mol. The SMILES string of the molecule is CCNc1nc(Cc2nc(C)cs2)nc(CC)c1I. The summed E-state index contributed by atoms with van der Waals surface area (Å²) in [5, 5.41) is 6.44. The van der Waals surface area contributed by atoms with Crippen LogP contribution in [0.2, 0.25) is 0 Å². The van der Waals surface area contributed by atoms with Crippen molar-refractivity contribution in [1.29, 1.82) is 0 Å². The molecule has 1 N–H and O–H groups in total. The minimum absolute atomic E-state index is 0.709. The molecule has 2 heterocycles. The van der Waals surface area contributed by atoms with Crippen LogP contribution in [0.4, 0.5) is 5.82 Å². The molecule has 0 aliphatic rings. The lowest BCUT2D eigenvalue weighted by Crippen LogP contribution is -2.09. The summed E-state index contributed by atoms with van der Waals surface area (Å²) in [6.45, 7) is 7.08. The van der Waals surface area contributed by atoms with Crippen LogP contribution in [0.1, 0.15) is 36.1 Å². The summed E-state index contributed by atoms with van der Waals surface area (Å²) in [6.07, 6.45) is 1.63. The van der Waals surface area contributed by atoms with Crippen molar-refractivity contribution in [2.24, 2.45) is 0 Å². The van der Waals surface area contributed by atoms with Crippen molar-refractivity contribution in [2.45, 2.75) is 33.6 Å². The van der Waals surface area contributed by atoms with Crippen LogP contribution in [-0.2, 0) is 12.8 Å². The van der Waals surface area contributed by atoms with Gasteiger partial charge in [0.25, 0.3) is 0 Å². The molecule has 19 heavy (non-hydrogen) atoms. The summed E-state index contributed by atoms with van der Waals surface area (Å²) in [6, 6.07) is 0. The fraction of sp³-hybridized carbons (Fsp3) is 0.462. The molecule has 0 amide bonds. The van der Waals surface area contributed by atoms with Crippen molar-refractivity contribution < 1.29 is 0 Å². The van der Waals surface area contributed by atoms with Crippen LogP contribution in [-0.4, -0.2) is 21.5 Å². The zero-order chi connectivity index (χ0) is 13.8. The molecule has 0 saturated heterocycles. The second-order valence-corrected chi connectivity index (χ2v) is 6.21. The first-order chi connectivity index (χ1) is 9.13. The van der Waals surface area contributed by atoms with Crippen LogP contribution in [0.3, 0.4) is 0 Å². The molecule has 4 nitrogen and oxygen atoms in total. The normalized spacial score (nSPS) is 10.7. The number of hydrogen-bond donors (Lipinski definition) is 1. The van der Waals surface area contributed by atoms with Crippen molar-refractivity contribution in [2.75, 3.05) is 11.9 Å². The van der Waals surface area contributed by atoms with E-state index in [1.807, 2.05) is 6.92 Å². The van der Waals surface area contributed by atoms with E-state index in [0.717, 1.165) is 44.6 Å². The number of nitrogens with zero attached hydrogens (tertiary/aromatic N) is 3. The van der Waals surface area contributed by atoms with Crippen molar-refractivity contribution in [3.05, 3.63) is 31.2 Å². The van der Waals surface area contributed by atoms with E-state index in [2.05, 4.69) is 62.1 Å². The lowest BCUT2D eigenvalue weighted by atomic mass is 10.3. The third kappa shape index (κ3) is 3.62. The topological polar surface area (TPSA) is 50.7 Å². The number of aromatic nitrogens is 3. The first-order valence-electron chi connectivity index (χ1n) is 6.34. The summed E-state index contributed by atoms with van der Waals surface area (Å²) >= 11 is 3.98. The number of halogens is 1. The number of aryl methyl sites for hydroxylation is 2. The van der Waals surface area contributed by atoms with Gasteiger partial charge in [0, 0.05) is 17.6 Å². The van der Waals surface area contributed by atoms with Gasteiger partial charge in [0.1, 0.15) is 16.6 Å². The summed E-state index contributed by atoms with van der Waals surface area (Å²) in [5.74, 6) is 1.79. The third-order valence-electron chi connectivity index (χ3n) is 2.62. The minimum atomic E-state index is 0.709. The molecule has 2 rings (SSSR count). The Balaban J connectivity index is 2.31. The van der Waals surface area contributed by atoms with Gasteiger partial charge in [0.15, 0.2) is 0 Å². The smallest absolute Gasteiger partial charge is 0.143 e. The van der Waals surface area contributed by atoms with Crippen LogP contribution < -0.4 is 5.32 Å². The maximum atomic E-state index is 4.65. The van der Waals surface area contributed by atoms with Gasteiger partial charge < -0.3 is 5.32 Å². The zero-order valence-electron chi connectivity index (χ0n) is 11.3. The summed E-state index contributed by atoms with van der Waals surface area (Å²) in [7, 11) is 0. The molecule has 0 aliphatic heterocycles. The average molecular weight is 388 g/mol. The van der Waals surface area contributed by atoms with E-state index in [1.54, 1.807) is 11.3 Å². The first-order valence-corrected chi connectivity index (χ1v) is 8.30. The van der Waals surface area contributed by atoms with Crippen molar-refractivity contribution in [1.82, 2.24) is 15.0 Å². The molecule has 0 radical (unpaired) electrons. The standard InChI is InChI=1S/C13H17IN4S/c1-4-9-12(14)13(15-5-2)18-10(17-9)6-11-16-8(3)7-19-11/h7H,4-6H2,1-3H3,(H,15,17,18). The predicted molar refractivity (Wildman–Crippen MR) is 87.9 cm³/mol. The van der Waals surface area contributed by atoms with Crippen LogP contribution in [0, 0.1) is 10.5 Å². The van der Waals surface area contributed by atoms with E-state index >= 15 is 0 Å². The van der Waals surface area contributed by atoms with Gasteiger partial charge in [-0.1, -0.05) is 6.92 Å². The van der Waals surface area contributed by atoms with Gasteiger partial charge in [-0.2, -0.15) is 0 Å². The summed E-state index contributed by atoms with van der Waals surface area (Å²) < 4.78 is 1.13. The molecule has 0 fully saturated rings. The highest BCUT2D eigenvalue weighted by atomic mass is 127. The fourth-order valence-electron chi connectivity index (χ4n) is 1.76. The van der Waals surface area contributed by atoms with E-state index in [4.69, 9.17) is 0 Å².